The molecule has 0 aliphatic heterocycles. The molecule has 0 radical (unpaired) electrons. The van der Waals surface area contributed by atoms with Crippen molar-refractivity contribution in [1.82, 2.24) is 10.2 Å². The summed E-state index contributed by atoms with van der Waals surface area (Å²) in [5.74, 6) is 0.723. The Hall–Kier alpha value is -0.120. The Morgan fingerprint density at radius 2 is 1.79 bits per heavy atom. The zero-order valence-corrected chi connectivity index (χ0v) is 14.0. The van der Waals surface area contributed by atoms with E-state index >= 15 is 0 Å². The van der Waals surface area contributed by atoms with E-state index in [-0.39, 0.29) is 0 Å². The van der Waals surface area contributed by atoms with E-state index in [0.29, 0.717) is 12.1 Å². The Morgan fingerprint density at radius 3 is 2.26 bits per heavy atom. The molecule has 3 atom stereocenters. The summed E-state index contributed by atoms with van der Waals surface area (Å²) in [6.45, 7) is 15.6. The molecule has 0 aromatic heterocycles. The maximum absolute atomic E-state index is 5.25. The minimum Gasteiger partial charge on any atom is -0.383 e. The first kappa shape index (κ1) is 18.9. The van der Waals surface area contributed by atoms with Gasteiger partial charge in [-0.3, -0.25) is 4.90 Å². The molecule has 116 valence electrons. The van der Waals surface area contributed by atoms with Crippen LogP contribution < -0.4 is 5.32 Å². The summed E-state index contributed by atoms with van der Waals surface area (Å²) in [5.41, 5.74) is 0. The molecule has 3 unspecified atom stereocenters. The van der Waals surface area contributed by atoms with Crippen molar-refractivity contribution in [3.8, 4) is 0 Å². The van der Waals surface area contributed by atoms with Gasteiger partial charge in [-0.25, -0.2) is 0 Å². The standard InChI is InChI=1S/C16H36N2O/c1-7-10-17-16(14(4)8-2)13-18(11-12-19-6)15(5)9-3/h14-17H,7-13H2,1-6H3. The highest BCUT2D eigenvalue weighted by Gasteiger charge is 2.21. The van der Waals surface area contributed by atoms with Crippen LogP contribution in [0.25, 0.3) is 0 Å². The van der Waals surface area contributed by atoms with Gasteiger partial charge in [0.15, 0.2) is 0 Å². The first-order valence-electron chi connectivity index (χ1n) is 8.06. The molecule has 0 saturated carbocycles. The lowest BCUT2D eigenvalue weighted by Crippen LogP contribution is -2.48. The van der Waals surface area contributed by atoms with Gasteiger partial charge in [0.2, 0.25) is 0 Å². The van der Waals surface area contributed by atoms with E-state index in [0.717, 1.165) is 32.2 Å². The molecule has 0 aliphatic rings. The molecule has 0 amide bonds. The Morgan fingerprint density at radius 1 is 1.11 bits per heavy atom. The average molecular weight is 272 g/mol. The van der Waals surface area contributed by atoms with Crippen LogP contribution in [0, 0.1) is 5.92 Å². The summed E-state index contributed by atoms with van der Waals surface area (Å²) in [6, 6.07) is 1.22. The second-order valence-electron chi connectivity index (χ2n) is 5.69. The first-order valence-corrected chi connectivity index (χ1v) is 8.06. The van der Waals surface area contributed by atoms with Crippen LogP contribution in [0.15, 0.2) is 0 Å². The summed E-state index contributed by atoms with van der Waals surface area (Å²) in [5, 5.41) is 3.72. The maximum atomic E-state index is 5.25. The van der Waals surface area contributed by atoms with Crippen molar-refractivity contribution >= 4 is 0 Å². The minimum atomic E-state index is 0.593. The van der Waals surface area contributed by atoms with E-state index < -0.39 is 0 Å². The van der Waals surface area contributed by atoms with E-state index in [1.54, 1.807) is 7.11 Å². The lowest BCUT2D eigenvalue weighted by atomic mass is 9.97. The third-order valence-corrected chi connectivity index (χ3v) is 4.22. The molecule has 0 spiro atoms. The van der Waals surface area contributed by atoms with Gasteiger partial charge in [0.1, 0.15) is 0 Å². The van der Waals surface area contributed by atoms with Crippen LogP contribution in [0.4, 0.5) is 0 Å². The molecular formula is C16H36N2O. The van der Waals surface area contributed by atoms with E-state index in [2.05, 4.69) is 44.8 Å². The molecule has 3 nitrogen and oxygen atoms in total. The van der Waals surface area contributed by atoms with Crippen molar-refractivity contribution in [2.45, 2.75) is 66.0 Å². The summed E-state index contributed by atoms with van der Waals surface area (Å²) in [7, 11) is 1.79. The average Bonchev–Trinajstić information content (AvgIpc) is 2.44. The Labute approximate surface area is 121 Å². The van der Waals surface area contributed by atoms with Gasteiger partial charge < -0.3 is 10.1 Å². The first-order chi connectivity index (χ1) is 9.10. The van der Waals surface area contributed by atoms with Crippen molar-refractivity contribution in [3.63, 3.8) is 0 Å². The zero-order chi connectivity index (χ0) is 14.7. The molecular weight excluding hydrogens is 236 g/mol. The van der Waals surface area contributed by atoms with Crippen molar-refractivity contribution in [2.75, 3.05) is 33.4 Å². The quantitative estimate of drug-likeness (QED) is 0.591. The number of ether oxygens (including phenoxy) is 1. The Balaban J connectivity index is 4.51. The van der Waals surface area contributed by atoms with Crippen LogP contribution in [0.2, 0.25) is 0 Å². The monoisotopic (exact) mass is 272 g/mol. The summed E-state index contributed by atoms with van der Waals surface area (Å²) in [4.78, 5) is 2.57. The molecule has 0 aromatic rings. The van der Waals surface area contributed by atoms with Crippen molar-refractivity contribution in [3.05, 3.63) is 0 Å². The predicted molar refractivity (Wildman–Crippen MR) is 84.7 cm³/mol. The Kier molecular flexibility index (Phi) is 11.6. The SMILES string of the molecule is CCCNC(CN(CCOC)C(C)CC)C(C)CC. The third kappa shape index (κ3) is 7.91. The van der Waals surface area contributed by atoms with Gasteiger partial charge in [-0.15, -0.1) is 0 Å². The van der Waals surface area contributed by atoms with E-state index in [1.165, 1.54) is 19.3 Å². The van der Waals surface area contributed by atoms with Crippen LogP contribution in [-0.4, -0.2) is 50.3 Å². The molecule has 0 fully saturated rings. The molecule has 1 N–H and O–H groups in total. The number of hydrogen-bond acceptors (Lipinski definition) is 3. The molecule has 0 saturated heterocycles. The predicted octanol–water partition coefficient (Wildman–Crippen LogP) is 3.15. The molecule has 19 heavy (non-hydrogen) atoms. The fraction of sp³-hybridized carbons (Fsp3) is 1.00. The van der Waals surface area contributed by atoms with Crippen LogP contribution in [0.3, 0.4) is 0 Å². The largest absolute Gasteiger partial charge is 0.383 e. The van der Waals surface area contributed by atoms with Gasteiger partial charge in [-0.05, 0) is 32.2 Å². The van der Waals surface area contributed by atoms with Crippen molar-refractivity contribution < 1.29 is 4.74 Å². The molecule has 0 aromatic carbocycles. The van der Waals surface area contributed by atoms with Crippen LogP contribution >= 0.6 is 0 Å². The van der Waals surface area contributed by atoms with E-state index in [9.17, 15) is 0 Å². The van der Waals surface area contributed by atoms with E-state index in [4.69, 9.17) is 4.74 Å². The smallest absolute Gasteiger partial charge is 0.0589 e. The molecule has 0 aliphatic carbocycles. The number of methoxy groups -OCH3 is 1. The normalized spacial score (nSPS) is 16.6. The van der Waals surface area contributed by atoms with Crippen LogP contribution in [-0.2, 0) is 4.74 Å². The van der Waals surface area contributed by atoms with Gasteiger partial charge in [-0.1, -0.05) is 34.1 Å². The van der Waals surface area contributed by atoms with Gasteiger partial charge in [0, 0.05) is 32.3 Å². The fourth-order valence-corrected chi connectivity index (χ4v) is 2.27. The van der Waals surface area contributed by atoms with Crippen molar-refractivity contribution in [2.24, 2.45) is 5.92 Å². The second kappa shape index (κ2) is 11.7. The number of nitrogens with one attached hydrogen (secondary N) is 1. The second-order valence-corrected chi connectivity index (χ2v) is 5.69. The number of rotatable bonds is 12. The number of hydrogen-bond donors (Lipinski definition) is 1. The summed E-state index contributed by atoms with van der Waals surface area (Å²) in [6.07, 6.45) is 3.64. The van der Waals surface area contributed by atoms with Gasteiger partial charge in [0.25, 0.3) is 0 Å². The summed E-state index contributed by atoms with van der Waals surface area (Å²) < 4.78 is 5.25. The zero-order valence-electron chi connectivity index (χ0n) is 14.0. The van der Waals surface area contributed by atoms with Gasteiger partial charge in [-0.2, -0.15) is 0 Å². The molecule has 0 rings (SSSR count). The highest BCUT2D eigenvalue weighted by molar-refractivity contribution is 4.79. The van der Waals surface area contributed by atoms with E-state index in [1.807, 2.05) is 0 Å². The van der Waals surface area contributed by atoms with Crippen molar-refractivity contribution in [1.29, 1.82) is 0 Å². The minimum absolute atomic E-state index is 0.593. The molecule has 0 heterocycles. The van der Waals surface area contributed by atoms with Crippen LogP contribution in [0.5, 0.6) is 0 Å². The lowest BCUT2D eigenvalue weighted by molar-refractivity contribution is 0.106. The highest BCUT2D eigenvalue weighted by atomic mass is 16.5. The number of nitrogens with zero attached hydrogens (tertiary/aromatic N) is 1. The molecule has 3 heteroatoms. The van der Waals surface area contributed by atoms with Gasteiger partial charge >= 0.3 is 0 Å². The highest BCUT2D eigenvalue weighted by Crippen LogP contribution is 2.12. The maximum Gasteiger partial charge on any atom is 0.0589 e. The topological polar surface area (TPSA) is 24.5 Å². The lowest BCUT2D eigenvalue weighted by Gasteiger charge is -2.34. The van der Waals surface area contributed by atoms with Crippen LogP contribution in [0.1, 0.15) is 53.9 Å². The Bertz CT molecular complexity index is 179. The third-order valence-electron chi connectivity index (χ3n) is 4.22. The van der Waals surface area contributed by atoms with Gasteiger partial charge in [0.05, 0.1) is 6.61 Å². The summed E-state index contributed by atoms with van der Waals surface area (Å²) >= 11 is 0. The molecule has 0 bridgehead atoms. The fourth-order valence-electron chi connectivity index (χ4n) is 2.27.